The zero-order valence-electron chi connectivity index (χ0n) is 17.2. The monoisotopic (exact) mass is 332 g/mol. The summed E-state index contributed by atoms with van der Waals surface area (Å²) < 4.78 is 1.11. The Labute approximate surface area is 152 Å². The highest BCUT2D eigenvalue weighted by atomic mass is 15.3. The summed E-state index contributed by atoms with van der Waals surface area (Å²) in [5.74, 6) is 0. The van der Waals surface area contributed by atoms with Crippen LogP contribution in [0.2, 0.25) is 0 Å². The Hall–Kier alpha value is -0.820. The summed E-state index contributed by atoms with van der Waals surface area (Å²) in [7, 11) is 4.76. The SMILES string of the molecule is CCCCCCCCCCCC[N+](C)(C)Cc1ccc(C)cc1C. The maximum absolute atomic E-state index is 2.38. The maximum Gasteiger partial charge on any atom is 0.104 e. The van der Waals surface area contributed by atoms with Crippen molar-refractivity contribution in [2.75, 3.05) is 20.6 Å². The predicted molar refractivity (Wildman–Crippen MR) is 108 cm³/mol. The van der Waals surface area contributed by atoms with Gasteiger partial charge in [-0.2, -0.15) is 0 Å². The fourth-order valence-corrected chi connectivity index (χ4v) is 3.59. The Balaban J connectivity index is 2.12. The largest absolute Gasteiger partial charge is 0.325 e. The molecule has 0 bridgehead atoms. The van der Waals surface area contributed by atoms with Crippen LogP contribution in [0, 0.1) is 13.8 Å². The number of hydrogen-bond donors (Lipinski definition) is 0. The molecular weight excluding hydrogens is 290 g/mol. The lowest BCUT2D eigenvalue weighted by atomic mass is 10.0. The second-order valence-corrected chi connectivity index (χ2v) is 8.43. The van der Waals surface area contributed by atoms with Crippen LogP contribution in [0.5, 0.6) is 0 Å². The predicted octanol–water partition coefficient (Wildman–Crippen LogP) is 6.80. The Morgan fingerprint density at radius 1 is 0.750 bits per heavy atom. The highest BCUT2D eigenvalue weighted by Crippen LogP contribution is 2.17. The fourth-order valence-electron chi connectivity index (χ4n) is 3.59. The van der Waals surface area contributed by atoms with E-state index in [0.29, 0.717) is 0 Å². The number of hydrogen-bond acceptors (Lipinski definition) is 0. The Kier molecular flexibility index (Phi) is 10.3. The Morgan fingerprint density at radius 3 is 1.83 bits per heavy atom. The highest BCUT2D eigenvalue weighted by molar-refractivity contribution is 5.29. The standard InChI is InChI=1S/C23H42N/c1-6-7-8-9-10-11-12-13-14-15-18-24(4,5)20-23-17-16-21(2)19-22(23)3/h16-17,19H,6-15,18,20H2,1-5H3/q+1. The van der Waals surface area contributed by atoms with Gasteiger partial charge in [-0.25, -0.2) is 0 Å². The molecular formula is C23H42N+. The maximum atomic E-state index is 2.38. The van der Waals surface area contributed by atoms with Gasteiger partial charge in [0, 0.05) is 5.56 Å². The average Bonchev–Trinajstić information content (AvgIpc) is 2.52. The van der Waals surface area contributed by atoms with E-state index in [9.17, 15) is 0 Å². The van der Waals surface area contributed by atoms with E-state index in [1.165, 1.54) is 87.4 Å². The lowest BCUT2D eigenvalue weighted by Crippen LogP contribution is -2.39. The van der Waals surface area contributed by atoms with E-state index in [-0.39, 0.29) is 0 Å². The van der Waals surface area contributed by atoms with Crippen molar-refractivity contribution < 1.29 is 4.48 Å². The minimum atomic E-state index is 1.11. The van der Waals surface area contributed by atoms with E-state index in [1.54, 1.807) is 0 Å². The van der Waals surface area contributed by atoms with E-state index in [1.807, 2.05) is 0 Å². The number of quaternary nitrogens is 1. The number of unbranched alkanes of at least 4 members (excludes halogenated alkanes) is 9. The van der Waals surface area contributed by atoms with Gasteiger partial charge in [0.1, 0.15) is 6.54 Å². The van der Waals surface area contributed by atoms with Crippen molar-refractivity contribution in [3.8, 4) is 0 Å². The number of aryl methyl sites for hydroxylation is 2. The van der Waals surface area contributed by atoms with Crippen molar-refractivity contribution in [1.82, 2.24) is 0 Å². The molecule has 0 saturated carbocycles. The van der Waals surface area contributed by atoms with Gasteiger partial charge in [-0.15, -0.1) is 0 Å². The van der Waals surface area contributed by atoms with Crippen molar-refractivity contribution in [3.63, 3.8) is 0 Å². The summed E-state index contributed by atoms with van der Waals surface area (Å²) in [6.07, 6.45) is 14.2. The molecule has 0 N–H and O–H groups in total. The lowest BCUT2D eigenvalue weighted by molar-refractivity contribution is -0.903. The first-order valence-corrected chi connectivity index (χ1v) is 10.3. The number of benzene rings is 1. The minimum absolute atomic E-state index is 1.11. The van der Waals surface area contributed by atoms with Gasteiger partial charge in [-0.05, 0) is 32.3 Å². The van der Waals surface area contributed by atoms with E-state index < -0.39 is 0 Å². The molecule has 0 atom stereocenters. The van der Waals surface area contributed by atoms with Gasteiger partial charge in [0.05, 0.1) is 20.6 Å². The number of nitrogens with zero attached hydrogens (tertiary/aromatic N) is 1. The van der Waals surface area contributed by atoms with Gasteiger partial charge in [0.15, 0.2) is 0 Å². The highest BCUT2D eigenvalue weighted by Gasteiger charge is 2.16. The molecule has 1 nitrogen and oxygen atoms in total. The smallest absolute Gasteiger partial charge is 0.104 e. The van der Waals surface area contributed by atoms with Gasteiger partial charge >= 0.3 is 0 Å². The van der Waals surface area contributed by atoms with Gasteiger partial charge in [-0.3, -0.25) is 0 Å². The number of rotatable bonds is 13. The van der Waals surface area contributed by atoms with Crippen molar-refractivity contribution >= 4 is 0 Å². The normalized spacial score (nSPS) is 11.9. The molecule has 0 aliphatic heterocycles. The molecule has 0 radical (unpaired) electrons. The first-order valence-electron chi connectivity index (χ1n) is 10.3. The van der Waals surface area contributed by atoms with Gasteiger partial charge in [0.2, 0.25) is 0 Å². The lowest BCUT2D eigenvalue weighted by Gasteiger charge is -2.30. The van der Waals surface area contributed by atoms with Crippen LogP contribution in [0.4, 0.5) is 0 Å². The first-order chi connectivity index (χ1) is 11.4. The zero-order chi connectivity index (χ0) is 17.8. The molecule has 0 aliphatic carbocycles. The molecule has 0 heterocycles. The third-order valence-corrected chi connectivity index (χ3v) is 5.21. The third-order valence-electron chi connectivity index (χ3n) is 5.21. The van der Waals surface area contributed by atoms with Crippen LogP contribution in [0.1, 0.15) is 87.8 Å². The molecule has 1 heteroatoms. The van der Waals surface area contributed by atoms with Crippen molar-refractivity contribution in [1.29, 1.82) is 0 Å². The van der Waals surface area contributed by atoms with Crippen LogP contribution in [0.15, 0.2) is 18.2 Å². The van der Waals surface area contributed by atoms with Crippen LogP contribution in [0.3, 0.4) is 0 Å². The molecule has 24 heavy (non-hydrogen) atoms. The van der Waals surface area contributed by atoms with Crippen LogP contribution in [0.25, 0.3) is 0 Å². The van der Waals surface area contributed by atoms with Gasteiger partial charge in [-0.1, -0.05) is 82.1 Å². The Morgan fingerprint density at radius 2 is 1.29 bits per heavy atom. The van der Waals surface area contributed by atoms with Crippen molar-refractivity contribution in [3.05, 3.63) is 34.9 Å². The topological polar surface area (TPSA) is 0 Å². The molecule has 0 amide bonds. The van der Waals surface area contributed by atoms with E-state index in [2.05, 4.69) is 53.1 Å². The summed E-state index contributed by atoms with van der Waals surface area (Å²) in [5.41, 5.74) is 4.33. The molecule has 0 saturated heterocycles. The molecule has 1 rings (SSSR count). The third kappa shape index (κ3) is 9.47. The van der Waals surface area contributed by atoms with E-state index >= 15 is 0 Å². The molecule has 0 fully saturated rings. The quantitative estimate of drug-likeness (QED) is 0.275. The minimum Gasteiger partial charge on any atom is -0.325 e. The molecule has 1 aromatic rings. The second kappa shape index (κ2) is 11.7. The summed E-state index contributed by atoms with van der Waals surface area (Å²) >= 11 is 0. The van der Waals surface area contributed by atoms with Gasteiger partial charge in [0.25, 0.3) is 0 Å². The van der Waals surface area contributed by atoms with Crippen LogP contribution >= 0.6 is 0 Å². The zero-order valence-corrected chi connectivity index (χ0v) is 17.2. The molecule has 0 aromatic heterocycles. The van der Waals surface area contributed by atoms with E-state index in [4.69, 9.17) is 0 Å². The molecule has 1 aromatic carbocycles. The van der Waals surface area contributed by atoms with Crippen LogP contribution in [-0.4, -0.2) is 25.1 Å². The Bertz CT molecular complexity index is 447. The molecule has 138 valence electrons. The molecule has 0 spiro atoms. The van der Waals surface area contributed by atoms with E-state index in [0.717, 1.165) is 11.0 Å². The summed E-state index contributed by atoms with van der Waals surface area (Å²) in [6, 6.07) is 6.89. The molecule has 0 unspecified atom stereocenters. The van der Waals surface area contributed by atoms with Gasteiger partial charge < -0.3 is 4.48 Å². The first kappa shape index (κ1) is 21.2. The van der Waals surface area contributed by atoms with Crippen molar-refractivity contribution in [2.24, 2.45) is 0 Å². The second-order valence-electron chi connectivity index (χ2n) is 8.43. The van der Waals surface area contributed by atoms with Crippen LogP contribution < -0.4 is 0 Å². The molecule has 0 aliphatic rings. The average molecular weight is 333 g/mol. The summed E-state index contributed by atoms with van der Waals surface area (Å²) in [6.45, 7) is 9.18. The summed E-state index contributed by atoms with van der Waals surface area (Å²) in [4.78, 5) is 0. The summed E-state index contributed by atoms with van der Waals surface area (Å²) in [5, 5.41) is 0. The van der Waals surface area contributed by atoms with Crippen molar-refractivity contribution in [2.45, 2.75) is 91.5 Å². The van der Waals surface area contributed by atoms with Crippen LogP contribution in [-0.2, 0) is 6.54 Å². The fraction of sp³-hybridized carbons (Fsp3) is 0.739.